The van der Waals surface area contributed by atoms with Gasteiger partial charge in [-0.25, -0.2) is 0 Å². The smallest absolute Gasteiger partial charge is 0.0640 e. The molecule has 17 heavy (non-hydrogen) atoms. The monoisotopic (exact) mass is 233 g/mol. The third-order valence-electron chi connectivity index (χ3n) is 4.51. The molecule has 0 aromatic carbocycles. The van der Waals surface area contributed by atoms with Gasteiger partial charge in [0.05, 0.1) is 5.69 Å². The van der Waals surface area contributed by atoms with Gasteiger partial charge in [0.2, 0.25) is 0 Å². The van der Waals surface area contributed by atoms with Crippen molar-refractivity contribution in [1.82, 2.24) is 15.1 Å². The van der Waals surface area contributed by atoms with Crippen LogP contribution in [0.2, 0.25) is 0 Å². The Morgan fingerprint density at radius 1 is 1.41 bits per heavy atom. The maximum absolute atomic E-state index is 4.51. The third kappa shape index (κ3) is 2.39. The first-order chi connectivity index (χ1) is 8.26. The summed E-state index contributed by atoms with van der Waals surface area (Å²) in [7, 11) is 2.00. The fourth-order valence-corrected chi connectivity index (χ4v) is 3.56. The van der Waals surface area contributed by atoms with E-state index in [1.165, 1.54) is 25.0 Å². The first kappa shape index (κ1) is 11.3. The van der Waals surface area contributed by atoms with E-state index in [4.69, 9.17) is 0 Å². The predicted octanol–water partition coefficient (Wildman–Crippen LogP) is 1.99. The summed E-state index contributed by atoms with van der Waals surface area (Å²) in [6.07, 6.45) is 7.56. The molecular formula is C14H23N3. The fraction of sp³-hybridized carbons (Fsp3) is 0.786. The van der Waals surface area contributed by atoms with Crippen molar-refractivity contribution in [2.75, 3.05) is 6.54 Å². The zero-order valence-electron chi connectivity index (χ0n) is 10.9. The molecule has 3 nitrogen and oxygen atoms in total. The topological polar surface area (TPSA) is 29.9 Å². The van der Waals surface area contributed by atoms with E-state index in [1.54, 1.807) is 0 Å². The maximum atomic E-state index is 4.51. The molecule has 3 unspecified atom stereocenters. The highest BCUT2D eigenvalue weighted by Gasteiger charge is 2.47. The lowest BCUT2D eigenvalue weighted by Gasteiger charge is -2.25. The molecule has 3 heteroatoms. The first-order valence-electron chi connectivity index (χ1n) is 6.98. The molecule has 2 saturated carbocycles. The maximum Gasteiger partial charge on any atom is 0.0640 e. The number of rotatable bonds is 5. The second-order valence-electron chi connectivity index (χ2n) is 5.84. The number of fused-ring (bicyclic) bond motifs is 1. The average molecular weight is 233 g/mol. The Kier molecular flexibility index (Phi) is 2.95. The van der Waals surface area contributed by atoms with Crippen molar-refractivity contribution < 1.29 is 0 Å². The highest BCUT2D eigenvalue weighted by Crippen LogP contribution is 2.55. The zero-order valence-corrected chi connectivity index (χ0v) is 10.9. The number of nitrogens with one attached hydrogen (secondary N) is 1. The normalized spacial score (nSPS) is 32.5. The van der Waals surface area contributed by atoms with E-state index < -0.39 is 0 Å². The van der Waals surface area contributed by atoms with E-state index in [2.05, 4.69) is 23.4 Å². The molecule has 2 fully saturated rings. The lowest BCUT2D eigenvalue weighted by Crippen LogP contribution is -2.37. The van der Waals surface area contributed by atoms with Crippen LogP contribution < -0.4 is 5.32 Å². The molecule has 0 radical (unpaired) electrons. The van der Waals surface area contributed by atoms with E-state index >= 15 is 0 Å². The molecule has 1 heterocycles. The summed E-state index contributed by atoms with van der Waals surface area (Å²) >= 11 is 0. The van der Waals surface area contributed by atoms with Gasteiger partial charge < -0.3 is 5.32 Å². The van der Waals surface area contributed by atoms with Crippen molar-refractivity contribution in [2.45, 2.75) is 38.6 Å². The molecule has 0 spiro atoms. The van der Waals surface area contributed by atoms with Crippen molar-refractivity contribution >= 4 is 0 Å². The Hall–Kier alpha value is -0.830. The predicted molar refractivity (Wildman–Crippen MR) is 68.7 cm³/mol. The van der Waals surface area contributed by atoms with Gasteiger partial charge in [0.15, 0.2) is 0 Å². The molecule has 94 valence electrons. The molecule has 0 amide bonds. The number of aromatic nitrogens is 2. The minimum Gasteiger partial charge on any atom is -0.314 e. The molecule has 1 aromatic rings. The second kappa shape index (κ2) is 4.45. The van der Waals surface area contributed by atoms with Crippen LogP contribution in [0.25, 0.3) is 0 Å². The summed E-state index contributed by atoms with van der Waals surface area (Å²) in [5.41, 5.74) is 1.24. The van der Waals surface area contributed by atoms with Crippen molar-refractivity contribution in [3.05, 3.63) is 18.0 Å². The van der Waals surface area contributed by atoms with E-state index in [0.29, 0.717) is 6.04 Å². The van der Waals surface area contributed by atoms with Crippen LogP contribution in [0.5, 0.6) is 0 Å². The Bertz CT molecular complexity index is 375. The van der Waals surface area contributed by atoms with Crippen molar-refractivity contribution in [3.8, 4) is 0 Å². The van der Waals surface area contributed by atoms with Gasteiger partial charge in [0.1, 0.15) is 0 Å². The molecule has 1 N–H and O–H groups in total. The van der Waals surface area contributed by atoms with Gasteiger partial charge in [-0.2, -0.15) is 5.10 Å². The minimum absolute atomic E-state index is 0.641. The van der Waals surface area contributed by atoms with Crippen LogP contribution in [-0.4, -0.2) is 22.4 Å². The minimum atomic E-state index is 0.641. The number of likely N-dealkylation sites (N-methyl/N-ethyl adjacent to an activating group) is 1. The molecule has 1 aromatic heterocycles. The molecule has 2 aliphatic carbocycles. The van der Waals surface area contributed by atoms with Crippen molar-refractivity contribution in [3.63, 3.8) is 0 Å². The zero-order chi connectivity index (χ0) is 11.8. The van der Waals surface area contributed by atoms with E-state index in [-0.39, 0.29) is 0 Å². The first-order valence-corrected chi connectivity index (χ1v) is 6.98. The fourth-order valence-electron chi connectivity index (χ4n) is 3.56. The van der Waals surface area contributed by atoms with Crippen LogP contribution in [0, 0.1) is 17.8 Å². The molecule has 2 aliphatic rings. The van der Waals surface area contributed by atoms with Crippen molar-refractivity contribution in [1.29, 1.82) is 0 Å². The average Bonchev–Trinajstić information content (AvgIpc) is 2.73. The summed E-state index contributed by atoms with van der Waals surface area (Å²) in [5, 5.41) is 8.19. The van der Waals surface area contributed by atoms with E-state index in [9.17, 15) is 0 Å². The molecule has 0 saturated heterocycles. The van der Waals surface area contributed by atoms with Crippen LogP contribution >= 0.6 is 0 Å². The largest absolute Gasteiger partial charge is 0.314 e. The number of hydrogen-bond donors (Lipinski definition) is 1. The molecule has 3 atom stereocenters. The van der Waals surface area contributed by atoms with Gasteiger partial charge >= 0.3 is 0 Å². The van der Waals surface area contributed by atoms with Crippen LogP contribution in [0.3, 0.4) is 0 Å². The molecule has 0 aliphatic heterocycles. The van der Waals surface area contributed by atoms with Gasteiger partial charge in [0.25, 0.3) is 0 Å². The number of nitrogens with zero attached hydrogens (tertiary/aromatic N) is 2. The molecule has 0 bridgehead atoms. The van der Waals surface area contributed by atoms with E-state index in [1.807, 2.05) is 17.9 Å². The summed E-state index contributed by atoms with van der Waals surface area (Å²) < 4.78 is 1.91. The van der Waals surface area contributed by atoms with Crippen LogP contribution in [0.1, 0.15) is 31.9 Å². The quantitative estimate of drug-likeness (QED) is 0.843. The van der Waals surface area contributed by atoms with E-state index in [0.717, 1.165) is 30.7 Å². The standard InChI is InChI=1S/C14H23N3/c1-3-15-14(9-13-4-5-17(2)16-13)12-7-10-6-11(10)8-12/h4-5,10-12,14-15H,3,6-9H2,1-2H3. The lowest BCUT2D eigenvalue weighted by atomic mass is 9.91. The highest BCUT2D eigenvalue weighted by atomic mass is 15.2. The summed E-state index contributed by atoms with van der Waals surface area (Å²) in [6.45, 7) is 3.28. The van der Waals surface area contributed by atoms with Gasteiger partial charge in [0, 0.05) is 25.7 Å². The van der Waals surface area contributed by atoms with Crippen LogP contribution in [0.4, 0.5) is 0 Å². The summed E-state index contributed by atoms with van der Waals surface area (Å²) in [4.78, 5) is 0. The second-order valence-corrected chi connectivity index (χ2v) is 5.84. The Labute approximate surface area is 104 Å². The summed E-state index contributed by atoms with van der Waals surface area (Å²) in [6, 6.07) is 2.79. The number of hydrogen-bond acceptors (Lipinski definition) is 2. The SMILES string of the molecule is CCNC(Cc1ccn(C)n1)C1CC2CC2C1. The summed E-state index contributed by atoms with van der Waals surface area (Å²) in [5.74, 6) is 3.04. The number of aryl methyl sites for hydroxylation is 1. The lowest BCUT2D eigenvalue weighted by molar-refractivity contribution is 0.334. The third-order valence-corrected chi connectivity index (χ3v) is 4.51. The van der Waals surface area contributed by atoms with Gasteiger partial charge in [-0.1, -0.05) is 6.92 Å². The molecular weight excluding hydrogens is 210 g/mol. The van der Waals surface area contributed by atoms with Crippen molar-refractivity contribution in [2.24, 2.45) is 24.8 Å². The van der Waals surface area contributed by atoms with Crippen LogP contribution in [0.15, 0.2) is 12.3 Å². The van der Waals surface area contributed by atoms with Gasteiger partial charge in [-0.3, -0.25) is 4.68 Å². The van der Waals surface area contributed by atoms with Crippen LogP contribution in [-0.2, 0) is 13.5 Å². The highest BCUT2D eigenvalue weighted by molar-refractivity contribution is 5.05. The van der Waals surface area contributed by atoms with Gasteiger partial charge in [-0.05, 0) is 49.6 Å². The molecule has 3 rings (SSSR count). The van der Waals surface area contributed by atoms with Gasteiger partial charge in [-0.15, -0.1) is 0 Å². The Balaban J connectivity index is 1.63. The Morgan fingerprint density at radius 3 is 2.76 bits per heavy atom. The Morgan fingerprint density at radius 2 is 2.18 bits per heavy atom.